The predicted octanol–water partition coefficient (Wildman–Crippen LogP) is 2.67. The van der Waals surface area contributed by atoms with Crippen molar-refractivity contribution >= 4 is 35.3 Å². The van der Waals surface area contributed by atoms with Crippen LogP contribution in [-0.2, 0) is 11.4 Å². The van der Waals surface area contributed by atoms with Gasteiger partial charge < -0.3 is 10.1 Å². The zero-order valence-corrected chi connectivity index (χ0v) is 16.2. The number of hydrogen-bond acceptors (Lipinski definition) is 6. The van der Waals surface area contributed by atoms with Crippen LogP contribution in [0, 0.1) is 6.92 Å². The lowest BCUT2D eigenvalue weighted by Gasteiger charge is -2.08. The summed E-state index contributed by atoms with van der Waals surface area (Å²) in [4.78, 5) is 27.4. The normalized spacial score (nSPS) is 10.7. The number of rotatable bonds is 7. The van der Waals surface area contributed by atoms with Crippen LogP contribution in [0.5, 0.6) is 5.75 Å². The number of thioether (sulfide) groups is 1. The van der Waals surface area contributed by atoms with Gasteiger partial charge in [-0.1, -0.05) is 23.4 Å². The minimum Gasteiger partial charge on any atom is -0.486 e. The van der Waals surface area contributed by atoms with E-state index in [4.69, 9.17) is 16.3 Å². The first-order chi connectivity index (χ1) is 12.3. The van der Waals surface area contributed by atoms with Crippen molar-refractivity contribution in [1.29, 1.82) is 0 Å². The van der Waals surface area contributed by atoms with Gasteiger partial charge in [-0.15, -0.1) is 5.10 Å². The summed E-state index contributed by atoms with van der Waals surface area (Å²) in [7, 11) is 0. The first-order valence-corrected chi connectivity index (χ1v) is 9.23. The Labute approximate surface area is 160 Å². The molecular formula is C16H20ClN5O3S. The Morgan fingerprint density at radius 1 is 1.38 bits per heavy atom. The maximum absolute atomic E-state index is 11.7. The molecular weight excluding hydrogens is 378 g/mol. The lowest BCUT2D eigenvalue weighted by atomic mass is 10.2. The van der Waals surface area contributed by atoms with Crippen LogP contribution in [0.25, 0.3) is 0 Å². The fourth-order valence-electron chi connectivity index (χ4n) is 1.86. The molecule has 3 N–H and O–H groups in total. The highest BCUT2D eigenvalue weighted by Gasteiger charge is 2.11. The Hall–Kier alpha value is -2.26. The molecule has 0 aliphatic carbocycles. The van der Waals surface area contributed by atoms with Crippen LogP contribution in [0.3, 0.4) is 0 Å². The number of amides is 3. The highest BCUT2D eigenvalue weighted by Crippen LogP contribution is 2.21. The Bertz CT molecular complexity index is 781. The number of hydrogen-bond donors (Lipinski definition) is 3. The maximum atomic E-state index is 11.7. The third-order valence-electron chi connectivity index (χ3n) is 3.02. The van der Waals surface area contributed by atoms with Crippen molar-refractivity contribution < 1.29 is 14.3 Å². The first kappa shape index (κ1) is 20.1. The van der Waals surface area contributed by atoms with Gasteiger partial charge in [0, 0.05) is 11.1 Å². The fourth-order valence-corrected chi connectivity index (χ4v) is 2.59. The summed E-state index contributed by atoms with van der Waals surface area (Å²) in [5.41, 5.74) is 0.922. The first-order valence-electron chi connectivity index (χ1n) is 7.87. The number of carbonyl (C=O) groups excluding carboxylic acids is 2. The number of aryl methyl sites for hydroxylation is 1. The molecule has 2 aromatic rings. The number of carbonyl (C=O) groups is 2. The van der Waals surface area contributed by atoms with Crippen LogP contribution < -0.4 is 15.4 Å². The van der Waals surface area contributed by atoms with Crippen LogP contribution in [0.2, 0.25) is 5.02 Å². The van der Waals surface area contributed by atoms with E-state index in [0.29, 0.717) is 21.8 Å². The minimum absolute atomic E-state index is 0.0278. The summed E-state index contributed by atoms with van der Waals surface area (Å²) in [6.07, 6.45) is 0. The SMILES string of the molecule is Cc1cc(OCc2nc(SCC(=O)NC(=O)NC(C)C)n[nH]2)ccc1Cl. The van der Waals surface area contributed by atoms with Crippen molar-refractivity contribution in [3.63, 3.8) is 0 Å². The summed E-state index contributed by atoms with van der Waals surface area (Å²) in [5, 5.41) is 12.6. The average molecular weight is 398 g/mol. The molecule has 1 heterocycles. The number of aromatic nitrogens is 3. The van der Waals surface area contributed by atoms with E-state index in [1.165, 1.54) is 0 Å². The number of H-pyrrole nitrogens is 1. The quantitative estimate of drug-likeness (QED) is 0.620. The molecule has 3 amide bonds. The monoisotopic (exact) mass is 397 g/mol. The second kappa shape index (κ2) is 9.44. The number of nitrogens with one attached hydrogen (secondary N) is 3. The largest absolute Gasteiger partial charge is 0.486 e. The van der Waals surface area contributed by atoms with Gasteiger partial charge in [0.05, 0.1) is 5.75 Å². The van der Waals surface area contributed by atoms with E-state index in [1.54, 1.807) is 26.0 Å². The molecule has 0 atom stereocenters. The topological polar surface area (TPSA) is 109 Å². The zero-order chi connectivity index (χ0) is 19.1. The van der Waals surface area contributed by atoms with Crippen LogP contribution in [-0.4, -0.2) is 38.9 Å². The van der Waals surface area contributed by atoms with Crippen molar-refractivity contribution in [2.45, 2.75) is 38.6 Å². The molecule has 140 valence electrons. The van der Waals surface area contributed by atoms with Crippen LogP contribution in [0.15, 0.2) is 23.4 Å². The average Bonchev–Trinajstić information content (AvgIpc) is 3.01. The fraction of sp³-hybridized carbons (Fsp3) is 0.375. The smallest absolute Gasteiger partial charge is 0.321 e. The van der Waals surface area contributed by atoms with E-state index in [2.05, 4.69) is 25.8 Å². The summed E-state index contributed by atoms with van der Waals surface area (Å²) < 4.78 is 5.62. The van der Waals surface area contributed by atoms with E-state index in [-0.39, 0.29) is 18.4 Å². The Morgan fingerprint density at radius 3 is 2.85 bits per heavy atom. The molecule has 0 saturated carbocycles. The van der Waals surface area contributed by atoms with Gasteiger partial charge in [-0.3, -0.25) is 15.2 Å². The number of halogens is 1. The molecule has 1 aromatic heterocycles. The number of benzene rings is 1. The van der Waals surface area contributed by atoms with Crippen molar-refractivity contribution in [1.82, 2.24) is 25.8 Å². The highest BCUT2D eigenvalue weighted by molar-refractivity contribution is 7.99. The minimum atomic E-state index is -0.520. The van der Waals surface area contributed by atoms with Crippen LogP contribution in [0.4, 0.5) is 4.79 Å². The van der Waals surface area contributed by atoms with E-state index in [1.807, 2.05) is 13.0 Å². The molecule has 0 unspecified atom stereocenters. The van der Waals surface area contributed by atoms with Crippen molar-refractivity contribution in [2.24, 2.45) is 0 Å². The molecule has 1 aromatic carbocycles. The van der Waals surface area contributed by atoms with Crippen molar-refractivity contribution in [2.75, 3.05) is 5.75 Å². The Morgan fingerprint density at radius 2 is 2.15 bits per heavy atom. The Kier molecular flexibility index (Phi) is 7.28. The van der Waals surface area contributed by atoms with Gasteiger partial charge in [-0.05, 0) is 44.5 Å². The Balaban J connectivity index is 1.77. The molecule has 0 spiro atoms. The molecule has 0 bridgehead atoms. The highest BCUT2D eigenvalue weighted by atomic mass is 35.5. The van der Waals surface area contributed by atoms with E-state index in [0.717, 1.165) is 17.3 Å². The van der Waals surface area contributed by atoms with Gasteiger partial charge in [0.15, 0.2) is 5.82 Å². The lowest BCUT2D eigenvalue weighted by molar-refractivity contribution is -0.117. The molecule has 0 radical (unpaired) electrons. The van der Waals surface area contributed by atoms with E-state index in [9.17, 15) is 9.59 Å². The summed E-state index contributed by atoms with van der Waals surface area (Å²) >= 11 is 7.09. The van der Waals surface area contributed by atoms with Crippen LogP contribution >= 0.6 is 23.4 Å². The van der Waals surface area contributed by atoms with Gasteiger partial charge in [-0.25, -0.2) is 9.78 Å². The molecule has 0 saturated heterocycles. The number of urea groups is 1. The van der Waals surface area contributed by atoms with Crippen LogP contribution in [0.1, 0.15) is 25.2 Å². The molecule has 10 heteroatoms. The van der Waals surface area contributed by atoms with E-state index >= 15 is 0 Å². The molecule has 26 heavy (non-hydrogen) atoms. The summed E-state index contributed by atoms with van der Waals surface area (Å²) in [5.74, 6) is 0.804. The predicted molar refractivity (Wildman–Crippen MR) is 99.4 cm³/mol. The number of nitrogens with zero attached hydrogens (tertiary/aromatic N) is 2. The maximum Gasteiger partial charge on any atom is 0.321 e. The standard InChI is InChI=1S/C16H20ClN5O3S/c1-9(2)18-15(24)20-14(23)8-26-16-19-13(21-22-16)7-25-11-4-5-12(17)10(3)6-11/h4-6,9H,7-8H2,1-3H3,(H,19,21,22)(H2,18,20,23,24). The number of aromatic amines is 1. The van der Waals surface area contributed by atoms with Crippen molar-refractivity contribution in [3.8, 4) is 5.75 Å². The summed E-state index contributed by atoms with van der Waals surface area (Å²) in [6.45, 7) is 5.71. The van der Waals surface area contributed by atoms with E-state index < -0.39 is 11.9 Å². The molecule has 0 aliphatic rings. The zero-order valence-electron chi connectivity index (χ0n) is 14.6. The second-order valence-electron chi connectivity index (χ2n) is 5.73. The molecule has 0 aliphatic heterocycles. The van der Waals surface area contributed by atoms with Crippen molar-refractivity contribution in [3.05, 3.63) is 34.6 Å². The second-order valence-corrected chi connectivity index (χ2v) is 7.08. The third-order valence-corrected chi connectivity index (χ3v) is 4.29. The van der Waals surface area contributed by atoms with Gasteiger partial charge in [-0.2, -0.15) is 0 Å². The summed E-state index contributed by atoms with van der Waals surface area (Å²) in [6, 6.07) is 4.81. The number of imide groups is 1. The van der Waals surface area contributed by atoms with Gasteiger partial charge >= 0.3 is 6.03 Å². The molecule has 2 rings (SSSR count). The molecule has 8 nitrogen and oxygen atoms in total. The van der Waals surface area contributed by atoms with Gasteiger partial charge in [0.1, 0.15) is 12.4 Å². The third kappa shape index (κ3) is 6.57. The number of ether oxygens (including phenoxy) is 1. The van der Waals surface area contributed by atoms with Gasteiger partial charge in [0.2, 0.25) is 11.1 Å². The molecule has 0 fully saturated rings. The lowest BCUT2D eigenvalue weighted by Crippen LogP contribution is -2.43. The van der Waals surface area contributed by atoms with Gasteiger partial charge in [0.25, 0.3) is 0 Å².